The fraction of sp³-hybridized carbons (Fsp3) is 0.368. The van der Waals surface area contributed by atoms with Crippen LogP contribution in [0.2, 0.25) is 5.02 Å². The Labute approximate surface area is 170 Å². The Morgan fingerprint density at radius 1 is 1.24 bits per heavy atom. The molecule has 3 rings (SSSR count). The van der Waals surface area contributed by atoms with Crippen LogP contribution in [0, 0.1) is 23.1 Å². The summed E-state index contributed by atoms with van der Waals surface area (Å²) < 4.78 is 15.4. The molecular weight excluding hydrogens is 401 g/mol. The minimum Gasteiger partial charge on any atom is -0.357 e. The Kier molecular flexibility index (Phi) is 5.75. The van der Waals surface area contributed by atoms with Gasteiger partial charge in [-0.3, -0.25) is 18.7 Å². The minimum absolute atomic E-state index is 0.0757. The van der Waals surface area contributed by atoms with Crippen LogP contribution in [0.25, 0.3) is 0 Å². The third-order valence-corrected chi connectivity index (χ3v) is 5.39. The van der Waals surface area contributed by atoms with Gasteiger partial charge in [0.05, 0.1) is 5.02 Å². The van der Waals surface area contributed by atoms with Crippen LogP contribution in [-0.2, 0) is 18.9 Å². The van der Waals surface area contributed by atoms with E-state index in [1.54, 1.807) is 4.90 Å². The highest BCUT2D eigenvalue weighted by molar-refractivity contribution is 6.31. The van der Waals surface area contributed by atoms with Crippen LogP contribution in [0.5, 0.6) is 0 Å². The zero-order valence-corrected chi connectivity index (χ0v) is 16.7. The van der Waals surface area contributed by atoms with Crippen LogP contribution in [-0.4, -0.2) is 28.1 Å². The van der Waals surface area contributed by atoms with Crippen LogP contribution < -0.4 is 21.5 Å². The third kappa shape index (κ3) is 3.89. The summed E-state index contributed by atoms with van der Waals surface area (Å²) in [5, 5.41) is 12.1. The molecule has 1 aliphatic heterocycles. The first-order valence-corrected chi connectivity index (χ1v) is 9.33. The van der Waals surface area contributed by atoms with E-state index in [4.69, 9.17) is 11.6 Å². The molecule has 0 saturated carbocycles. The molecule has 0 bridgehead atoms. The van der Waals surface area contributed by atoms with Crippen molar-refractivity contribution in [3.63, 3.8) is 0 Å². The van der Waals surface area contributed by atoms with Gasteiger partial charge >= 0.3 is 5.69 Å². The predicted molar refractivity (Wildman–Crippen MR) is 107 cm³/mol. The minimum atomic E-state index is -0.640. The van der Waals surface area contributed by atoms with Gasteiger partial charge in [0, 0.05) is 38.8 Å². The second kappa shape index (κ2) is 8.09. The number of rotatable bonds is 3. The summed E-state index contributed by atoms with van der Waals surface area (Å²) in [6.07, 6.45) is 0.935. The molecule has 1 aromatic heterocycles. The zero-order valence-electron chi connectivity index (χ0n) is 15.9. The molecule has 0 atom stereocenters. The topological polar surface area (TPSA) is 100 Å². The van der Waals surface area contributed by atoms with Crippen LogP contribution in [0.1, 0.15) is 18.4 Å². The maximum Gasteiger partial charge on any atom is 0.332 e. The van der Waals surface area contributed by atoms with E-state index in [0.29, 0.717) is 31.6 Å². The van der Waals surface area contributed by atoms with Crippen molar-refractivity contribution >= 4 is 29.0 Å². The summed E-state index contributed by atoms with van der Waals surface area (Å²) in [6.45, 7) is 0.800. The van der Waals surface area contributed by atoms with Gasteiger partial charge in [0.1, 0.15) is 17.7 Å². The molecule has 1 aliphatic rings. The van der Waals surface area contributed by atoms with Crippen molar-refractivity contribution in [1.82, 2.24) is 9.13 Å². The quantitative estimate of drug-likeness (QED) is 0.814. The SMILES string of the molecule is Cn1c(N2CCC(C(=O)Nc3ccc(F)c(Cl)c3)CC2)c(C#N)c(=O)n(C)c1=O. The first-order valence-electron chi connectivity index (χ1n) is 8.95. The molecule has 8 nitrogen and oxygen atoms in total. The summed E-state index contributed by atoms with van der Waals surface area (Å²) in [6, 6.07) is 5.85. The smallest absolute Gasteiger partial charge is 0.332 e. The van der Waals surface area contributed by atoms with Gasteiger partial charge < -0.3 is 10.2 Å². The van der Waals surface area contributed by atoms with Crippen molar-refractivity contribution in [3.8, 4) is 6.07 Å². The maximum atomic E-state index is 13.3. The molecule has 1 aromatic carbocycles. The lowest BCUT2D eigenvalue weighted by molar-refractivity contribution is -0.120. The number of nitrogens with one attached hydrogen (secondary N) is 1. The number of aromatic nitrogens is 2. The standard InChI is InChI=1S/C19H19ClFN5O3/c1-24-17(13(10-22)18(28)25(2)19(24)29)26-7-5-11(6-8-26)16(27)23-12-3-4-15(21)14(20)9-12/h3-4,9,11H,5-8H2,1-2H3,(H,23,27). The molecule has 10 heteroatoms. The Hall–Kier alpha value is -3.12. The van der Waals surface area contributed by atoms with Gasteiger partial charge in [-0.05, 0) is 31.0 Å². The van der Waals surface area contributed by atoms with E-state index >= 15 is 0 Å². The normalized spacial score (nSPS) is 14.5. The van der Waals surface area contributed by atoms with Crippen molar-refractivity contribution in [2.24, 2.45) is 20.0 Å². The molecule has 2 aromatic rings. The van der Waals surface area contributed by atoms with Crippen molar-refractivity contribution in [2.45, 2.75) is 12.8 Å². The van der Waals surface area contributed by atoms with Crippen molar-refractivity contribution in [2.75, 3.05) is 23.3 Å². The number of anilines is 2. The molecule has 0 unspecified atom stereocenters. The number of benzene rings is 1. The molecule has 152 valence electrons. The Morgan fingerprint density at radius 3 is 2.48 bits per heavy atom. The van der Waals surface area contributed by atoms with Crippen molar-refractivity contribution in [1.29, 1.82) is 5.26 Å². The number of hydrogen-bond acceptors (Lipinski definition) is 5. The summed E-state index contributed by atoms with van der Waals surface area (Å²) in [4.78, 5) is 38.8. The van der Waals surface area contributed by atoms with E-state index < -0.39 is 17.1 Å². The lowest BCUT2D eigenvalue weighted by Crippen LogP contribution is -2.45. The van der Waals surface area contributed by atoms with E-state index in [9.17, 15) is 24.0 Å². The molecule has 29 heavy (non-hydrogen) atoms. The highest BCUT2D eigenvalue weighted by Crippen LogP contribution is 2.26. The van der Waals surface area contributed by atoms with Crippen LogP contribution in [0.4, 0.5) is 15.9 Å². The molecule has 2 heterocycles. The second-order valence-corrected chi connectivity index (χ2v) is 7.30. The fourth-order valence-electron chi connectivity index (χ4n) is 3.47. The first kappa shape index (κ1) is 20.6. The van der Waals surface area contributed by atoms with Gasteiger partial charge in [0.15, 0.2) is 5.56 Å². The monoisotopic (exact) mass is 419 g/mol. The zero-order chi connectivity index (χ0) is 21.3. The van der Waals surface area contributed by atoms with Gasteiger partial charge in [0.25, 0.3) is 5.56 Å². The van der Waals surface area contributed by atoms with Gasteiger partial charge in [0.2, 0.25) is 5.91 Å². The van der Waals surface area contributed by atoms with E-state index in [-0.39, 0.29) is 28.2 Å². The molecule has 1 amide bonds. The summed E-state index contributed by atoms with van der Waals surface area (Å²) in [5.74, 6) is -0.814. The summed E-state index contributed by atoms with van der Waals surface area (Å²) in [5.41, 5.74) is -0.848. The van der Waals surface area contributed by atoms with Crippen LogP contribution in [0.3, 0.4) is 0 Å². The summed E-state index contributed by atoms with van der Waals surface area (Å²) >= 11 is 5.74. The Balaban J connectivity index is 1.75. The molecule has 0 aliphatic carbocycles. The highest BCUT2D eigenvalue weighted by Gasteiger charge is 2.29. The average Bonchev–Trinajstić information content (AvgIpc) is 2.71. The van der Waals surface area contributed by atoms with Crippen LogP contribution in [0.15, 0.2) is 27.8 Å². The molecule has 0 spiro atoms. The van der Waals surface area contributed by atoms with Crippen LogP contribution >= 0.6 is 11.6 Å². The predicted octanol–water partition coefficient (Wildman–Crippen LogP) is 1.60. The number of halogens is 2. The number of carbonyl (C=O) groups is 1. The molecule has 1 saturated heterocycles. The molecule has 0 radical (unpaired) electrons. The molecule has 1 fully saturated rings. The van der Waals surface area contributed by atoms with E-state index in [2.05, 4.69) is 5.32 Å². The van der Waals surface area contributed by atoms with Gasteiger partial charge in [-0.25, -0.2) is 9.18 Å². The lowest BCUT2D eigenvalue weighted by Gasteiger charge is -2.34. The Bertz CT molecular complexity index is 1130. The number of hydrogen-bond donors (Lipinski definition) is 1. The van der Waals surface area contributed by atoms with E-state index in [0.717, 1.165) is 4.57 Å². The van der Waals surface area contributed by atoms with Crippen molar-refractivity contribution < 1.29 is 9.18 Å². The lowest BCUT2D eigenvalue weighted by atomic mass is 9.95. The number of nitrogens with zero attached hydrogens (tertiary/aromatic N) is 4. The molecule has 1 N–H and O–H groups in total. The summed E-state index contributed by atoms with van der Waals surface area (Å²) in [7, 11) is 2.84. The maximum absolute atomic E-state index is 13.3. The number of carbonyl (C=O) groups excluding carboxylic acids is 1. The van der Waals surface area contributed by atoms with E-state index in [1.807, 2.05) is 6.07 Å². The van der Waals surface area contributed by atoms with Gasteiger partial charge in [-0.15, -0.1) is 0 Å². The Morgan fingerprint density at radius 2 is 1.90 bits per heavy atom. The average molecular weight is 420 g/mol. The second-order valence-electron chi connectivity index (χ2n) is 6.90. The van der Waals surface area contributed by atoms with Gasteiger partial charge in [-0.1, -0.05) is 11.6 Å². The first-order chi connectivity index (χ1) is 13.7. The number of amides is 1. The number of nitriles is 1. The largest absolute Gasteiger partial charge is 0.357 e. The highest BCUT2D eigenvalue weighted by atomic mass is 35.5. The van der Waals surface area contributed by atoms with Crippen molar-refractivity contribution in [3.05, 3.63) is 55.4 Å². The van der Waals surface area contributed by atoms with Gasteiger partial charge in [-0.2, -0.15) is 5.26 Å². The molecular formula is C19H19ClFN5O3. The fourth-order valence-corrected chi connectivity index (χ4v) is 3.65. The van der Waals surface area contributed by atoms with E-state index in [1.165, 1.54) is 36.9 Å². The number of piperidine rings is 1. The third-order valence-electron chi connectivity index (χ3n) is 5.10.